The van der Waals surface area contributed by atoms with Crippen molar-refractivity contribution in [2.45, 2.75) is 11.8 Å². The number of hydrogen-bond donors (Lipinski definition) is 0. The Kier molecular flexibility index (Phi) is 2.03. The lowest BCUT2D eigenvalue weighted by Crippen LogP contribution is -2.02. The molecule has 0 aliphatic carbocycles. The zero-order valence-corrected chi connectivity index (χ0v) is 8.53. The maximum atomic E-state index is 11.6. The summed E-state index contributed by atoms with van der Waals surface area (Å²) in [5, 5.41) is 3.97. The normalized spacial score (nSPS) is 12.1. The van der Waals surface area contributed by atoms with E-state index in [0.717, 1.165) is 0 Å². The van der Waals surface area contributed by atoms with Crippen LogP contribution >= 0.6 is 0 Å². The lowest BCUT2D eigenvalue weighted by atomic mass is 10.4. The van der Waals surface area contributed by atoms with Gasteiger partial charge in [-0.25, -0.2) is 12.9 Å². The molecule has 0 aromatic carbocycles. The van der Waals surface area contributed by atoms with Crippen molar-refractivity contribution in [3.05, 3.63) is 30.6 Å². The predicted octanol–water partition coefficient (Wildman–Crippen LogP) is 1.13. The van der Waals surface area contributed by atoms with Crippen LogP contribution in [-0.2, 0) is 9.84 Å². The molecule has 14 heavy (non-hydrogen) atoms. The van der Waals surface area contributed by atoms with Gasteiger partial charge in [-0.3, -0.25) is 0 Å². The molecule has 0 saturated carbocycles. The molecule has 0 bridgehead atoms. The van der Waals surface area contributed by atoms with E-state index >= 15 is 0 Å². The first-order chi connectivity index (χ1) is 6.65. The Morgan fingerprint density at radius 3 is 2.93 bits per heavy atom. The maximum absolute atomic E-state index is 11.6. The van der Waals surface area contributed by atoms with Crippen LogP contribution in [0.4, 0.5) is 0 Å². The second kappa shape index (κ2) is 3.09. The summed E-state index contributed by atoms with van der Waals surface area (Å²) in [6.07, 6.45) is 3.12. The van der Waals surface area contributed by atoms with E-state index in [1.54, 1.807) is 29.8 Å². The molecular weight excluding hydrogens is 200 g/mol. The van der Waals surface area contributed by atoms with E-state index < -0.39 is 9.84 Å². The van der Waals surface area contributed by atoms with Gasteiger partial charge in [0.25, 0.3) is 0 Å². The highest BCUT2D eigenvalue weighted by atomic mass is 32.2. The highest BCUT2D eigenvalue weighted by Crippen LogP contribution is 2.17. The molecule has 74 valence electrons. The molecule has 0 atom stereocenters. The lowest BCUT2D eigenvalue weighted by molar-refractivity contribution is 0.598. The van der Waals surface area contributed by atoms with E-state index in [4.69, 9.17) is 0 Å². The lowest BCUT2D eigenvalue weighted by Gasteiger charge is -1.97. The Labute approximate surface area is 82.1 Å². The van der Waals surface area contributed by atoms with Crippen molar-refractivity contribution in [2.75, 3.05) is 5.75 Å². The largest absolute Gasteiger partial charge is 0.240 e. The second-order valence-electron chi connectivity index (χ2n) is 2.94. The smallest absolute Gasteiger partial charge is 0.181 e. The van der Waals surface area contributed by atoms with Gasteiger partial charge in [0, 0.05) is 6.20 Å². The van der Waals surface area contributed by atoms with Crippen molar-refractivity contribution < 1.29 is 8.42 Å². The van der Waals surface area contributed by atoms with Gasteiger partial charge < -0.3 is 0 Å². The van der Waals surface area contributed by atoms with Gasteiger partial charge in [0.1, 0.15) is 4.90 Å². The molecule has 0 unspecified atom stereocenters. The highest BCUT2D eigenvalue weighted by molar-refractivity contribution is 7.91. The summed E-state index contributed by atoms with van der Waals surface area (Å²) in [4.78, 5) is 0.306. The summed E-state index contributed by atoms with van der Waals surface area (Å²) >= 11 is 0. The van der Waals surface area contributed by atoms with E-state index in [1.807, 2.05) is 6.07 Å². The Bertz CT molecular complexity index is 557. The van der Waals surface area contributed by atoms with Gasteiger partial charge in [0.15, 0.2) is 9.84 Å². The average molecular weight is 210 g/mol. The van der Waals surface area contributed by atoms with Crippen molar-refractivity contribution in [3.63, 3.8) is 0 Å². The summed E-state index contributed by atoms with van der Waals surface area (Å²) in [7, 11) is -3.16. The number of sulfone groups is 1. The molecule has 0 amide bonds. The molecule has 0 aliphatic rings. The number of hydrogen-bond acceptors (Lipinski definition) is 3. The SMILES string of the molecule is CCS(=O)(=O)c1cnn2ccccc12. The number of fused-ring (bicyclic) bond motifs is 1. The Balaban J connectivity index is 2.77. The molecule has 0 fully saturated rings. The fourth-order valence-corrected chi connectivity index (χ4v) is 2.31. The standard InChI is InChI=1S/C9H10N2O2S/c1-2-14(12,13)9-7-10-11-6-4-3-5-8(9)11/h3-7H,2H2,1H3. The Morgan fingerprint density at radius 2 is 2.21 bits per heavy atom. The van der Waals surface area contributed by atoms with Gasteiger partial charge in [-0.15, -0.1) is 0 Å². The van der Waals surface area contributed by atoms with Crippen LogP contribution in [0.3, 0.4) is 0 Å². The maximum Gasteiger partial charge on any atom is 0.181 e. The van der Waals surface area contributed by atoms with Crippen LogP contribution in [0.5, 0.6) is 0 Å². The van der Waals surface area contributed by atoms with Gasteiger partial charge in [-0.1, -0.05) is 13.0 Å². The van der Waals surface area contributed by atoms with Crippen molar-refractivity contribution in [1.29, 1.82) is 0 Å². The van der Waals surface area contributed by atoms with Crippen LogP contribution in [0.2, 0.25) is 0 Å². The third-order valence-electron chi connectivity index (χ3n) is 2.11. The van der Waals surface area contributed by atoms with Crippen molar-refractivity contribution in [1.82, 2.24) is 9.61 Å². The van der Waals surface area contributed by atoms with E-state index in [1.165, 1.54) is 6.20 Å². The monoisotopic (exact) mass is 210 g/mol. The Morgan fingerprint density at radius 1 is 1.43 bits per heavy atom. The number of pyridine rings is 1. The number of nitrogens with zero attached hydrogens (tertiary/aromatic N) is 2. The summed E-state index contributed by atoms with van der Waals surface area (Å²) in [5.41, 5.74) is 0.634. The third kappa shape index (κ3) is 1.29. The summed E-state index contributed by atoms with van der Waals surface area (Å²) in [6, 6.07) is 5.35. The zero-order chi connectivity index (χ0) is 10.2. The van der Waals surface area contributed by atoms with E-state index in [-0.39, 0.29) is 5.75 Å². The van der Waals surface area contributed by atoms with Crippen molar-refractivity contribution >= 4 is 15.4 Å². The fraction of sp³-hybridized carbons (Fsp3) is 0.222. The number of rotatable bonds is 2. The van der Waals surface area contributed by atoms with E-state index in [2.05, 4.69) is 5.10 Å². The van der Waals surface area contributed by atoms with Gasteiger partial charge in [-0.2, -0.15) is 5.10 Å². The van der Waals surface area contributed by atoms with Crippen LogP contribution in [-0.4, -0.2) is 23.8 Å². The average Bonchev–Trinajstić information content (AvgIpc) is 2.61. The molecule has 4 nitrogen and oxygen atoms in total. The molecular formula is C9H10N2O2S. The van der Waals surface area contributed by atoms with Gasteiger partial charge in [-0.05, 0) is 12.1 Å². The first-order valence-electron chi connectivity index (χ1n) is 4.30. The summed E-state index contributed by atoms with van der Waals surface area (Å²) < 4.78 is 24.8. The van der Waals surface area contributed by atoms with Crippen molar-refractivity contribution in [2.24, 2.45) is 0 Å². The molecule has 0 radical (unpaired) electrons. The van der Waals surface area contributed by atoms with E-state index in [9.17, 15) is 8.42 Å². The van der Waals surface area contributed by atoms with Crippen LogP contribution in [0.15, 0.2) is 35.5 Å². The van der Waals surface area contributed by atoms with Crippen LogP contribution < -0.4 is 0 Å². The molecule has 2 rings (SSSR count). The highest BCUT2D eigenvalue weighted by Gasteiger charge is 2.16. The van der Waals surface area contributed by atoms with Crippen LogP contribution in [0.1, 0.15) is 6.92 Å². The first kappa shape index (κ1) is 9.21. The second-order valence-corrected chi connectivity index (χ2v) is 5.19. The molecule has 0 aliphatic heterocycles. The van der Waals surface area contributed by atoms with Gasteiger partial charge in [0.2, 0.25) is 0 Å². The summed E-state index contributed by atoms with van der Waals surface area (Å²) in [6.45, 7) is 1.63. The van der Waals surface area contributed by atoms with Crippen molar-refractivity contribution in [3.8, 4) is 0 Å². The van der Waals surface area contributed by atoms with Gasteiger partial charge >= 0.3 is 0 Å². The molecule has 0 saturated heterocycles. The Hall–Kier alpha value is -1.36. The topological polar surface area (TPSA) is 51.4 Å². The minimum absolute atomic E-state index is 0.100. The minimum Gasteiger partial charge on any atom is -0.240 e. The molecule has 2 aromatic rings. The molecule has 2 heterocycles. The predicted molar refractivity (Wildman–Crippen MR) is 52.9 cm³/mol. The fourth-order valence-electron chi connectivity index (χ4n) is 1.31. The third-order valence-corrected chi connectivity index (χ3v) is 3.85. The molecule has 5 heteroatoms. The minimum atomic E-state index is -3.16. The zero-order valence-electron chi connectivity index (χ0n) is 7.71. The van der Waals surface area contributed by atoms with E-state index in [0.29, 0.717) is 10.4 Å². The molecule has 0 N–H and O–H groups in total. The van der Waals surface area contributed by atoms with Crippen LogP contribution in [0, 0.1) is 0 Å². The first-order valence-corrected chi connectivity index (χ1v) is 5.95. The summed E-state index contributed by atoms with van der Waals surface area (Å²) in [5.74, 6) is 0.100. The molecule has 2 aromatic heterocycles. The molecule has 0 spiro atoms. The number of aromatic nitrogens is 2. The quantitative estimate of drug-likeness (QED) is 0.746. The van der Waals surface area contributed by atoms with Gasteiger partial charge in [0.05, 0.1) is 17.5 Å². The van der Waals surface area contributed by atoms with Crippen LogP contribution in [0.25, 0.3) is 5.52 Å².